The van der Waals surface area contributed by atoms with Crippen LogP contribution in [-0.2, 0) is 6.42 Å². The monoisotopic (exact) mass is 408 g/mol. The van der Waals surface area contributed by atoms with Gasteiger partial charge in [0.25, 0.3) is 0 Å². The highest BCUT2D eigenvalue weighted by atomic mass is 35.5. The molecular weight excluding hydrogens is 394 g/mol. The SMILES string of the molecule is CCc1c(Cl)c(Cl)cc(Oc2cc(C)c(Cl)c(Cl)c2OC)c1OC. The summed E-state index contributed by atoms with van der Waals surface area (Å²) >= 11 is 24.9. The van der Waals surface area contributed by atoms with Crippen LogP contribution < -0.4 is 14.2 Å². The first-order valence-corrected chi connectivity index (χ1v) is 8.62. The molecule has 0 radical (unpaired) electrons. The van der Waals surface area contributed by atoms with Crippen LogP contribution in [0.4, 0.5) is 0 Å². The van der Waals surface area contributed by atoms with Gasteiger partial charge in [-0.3, -0.25) is 0 Å². The summed E-state index contributed by atoms with van der Waals surface area (Å²) in [4.78, 5) is 0. The molecule has 3 nitrogen and oxygen atoms in total. The summed E-state index contributed by atoms with van der Waals surface area (Å²) in [7, 11) is 3.03. The van der Waals surface area contributed by atoms with Gasteiger partial charge in [-0.25, -0.2) is 0 Å². The topological polar surface area (TPSA) is 27.7 Å². The molecule has 130 valence electrons. The maximum absolute atomic E-state index is 6.25. The van der Waals surface area contributed by atoms with Crippen LogP contribution in [0, 0.1) is 6.92 Å². The molecule has 0 N–H and O–H groups in total. The number of hydrogen-bond acceptors (Lipinski definition) is 3. The third-order valence-electron chi connectivity index (χ3n) is 3.52. The standard InChI is InChI=1S/C17H16Cl4O3/c1-5-9-14(20)10(18)7-12(16(9)22-3)24-11-6-8(2)13(19)15(21)17(11)23-4/h6-7H,5H2,1-4H3. The lowest BCUT2D eigenvalue weighted by atomic mass is 10.1. The highest BCUT2D eigenvalue weighted by molar-refractivity contribution is 6.44. The molecule has 0 aliphatic heterocycles. The number of ether oxygens (including phenoxy) is 3. The molecule has 0 heterocycles. The van der Waals surface area contributed by atoms with Gasteiger partial charge in [0, 0.05) is 11.6 Å². The number of rotatable bonds is 5. The van der Waals surface area contributed by atoms with E-state index in [9.17, 15) is 0 Å². The molecule has 0 spiro atoms. The summed E-state index contributed by atoms with van der Waals surface area (Å²) in [5.74, 6) is 1.67. The molecule has 0 fully saturated rings. The average molecular weight is 410 g/mol. The number of halogens is 4. The van der Waals surface area contributed by atoms with Crippen LogP contribution in [0.1, 0.15) is 18.1 Å². The lowest BCUT2D eigenvalue weighted by molar-refractivity contribution is 0.354. The highest BCUT2D eigenvalue weighted by Crippen LogP contribution is 2.47. The van der Waals surface area contributed by atoms with E-state index in [1.54, 1.807) is 19.2 Å². The van der Waals surface area contributed by atoms with Gasteiger partial charge in [0.2, 0.25) is 0 Å². The van der Waals surface area contributed by atoms with Crippen LogP contribution >= 0.6 is 46.4 Å². The fourth-order valence-electron chi connectivity index (χ4n) is 2.34. The second-order valence-electron chi connectivity index (χ2n) is 4.99. The van der Waals surface area contributed by atoms with Crippen molar-refractivity contribution < 1.29 is 14.2 Å². The third-order valence-corrected chi connectivity index (χ3v) is 5.29. The quantitative estimate of drug-likeness (QED) is 0.532. The maximum atomic E-state index is 6.25. The summed E-state index contributed by atoms with van der Waals surface area (Å²) in [5, 5.41) is 1.51. The molecule has 0 saturated heterocycles. The molecule has 0 atom stereocenters. The minimum atomic E-state index is 0.281. The smallest absolute Gasteiger partial charge is 0.181 e. The van der Waals surface area contributed by atoms with E-state index in [0.717, 1.165) is 11.1 Å². The predicted octanol–water partition coefficient (Wildman–Crippen LogP) is 6.98. The van der Waals surface area contributed by atoms with E-state index in [1.165, 1.54) is 7.11 Å². The summed E-state index contributed by atoms with van der Waals surface area (Å²) in [6.07, 6.45) is 0.635. The van der Waals surface area contributed by atoms with Crippen molar-refractivity contribution in [3.8, 4) is 23.0 Å². The van der Waals surface area contributed by atoms with Gasteiger partial charge >= 0.3 is 0 Å². The van der Waals surface area contributed by atoms with E-state index in [2.05, 4.69) is 0 Å². The zero-order chi connectivity index (χ0) is 18.0. The summed E-state index contributed by atoms with van der Waals surface area (Å²) < 4.78 is 16.8. The molecule has 0 aliphatic carbocycles. The minimum Gasteiger partial charge on any atom is -0.492 e. The van der Waals surface area contributed by atoms with Crippen molar-refractivity contribution >= 4 is 46.4 Å². The molecule has 0 aliphatic rings. The molecule has 0 saturated carbocycles. The van der Waals surface area contributed by atoms with Gasteiger partial charge in [-0.1, -0.05) is 53.3 Å². The van der Waals surface area contributed by atoms with Crippen molar-refractivity contribution in [2.24, 2.45) is 0 Å². The Hall–Kier alpha value is -1.00. The normalized spacial score (nSPS) is 10.7. The first kappa shape index (κ1) is 19.3. The van der Waals surface area contributed by atoms with Crippen molar-refractivity contribution in [3.63, 3.8) is 0 Å². The summed E-state index contributed by atoms with van der Waals surface area (Å²) in [6.45, 7) is 3.78. The Kier molecular flexibility index (Phi) is 6.38. The van der Waals surface area contributed by atoms with Gasteiger partial charge in [-0.15, -0.1) is 0 Å². The first-order valence-electron chi connectivity index (χ1n) is 7.10. The third kappa shape index (κ3) is 3.50. The first-order chi connectivity index (χ1) is 11.3. The van der Waals surface area contributed by atoms with Crippen molar-refractivity contribution in [2.45, 2.75) is 20.3 Å². The number of aryl methyl sites for hydroxylation is 1. The van der Waals surface area contributed by atoms with Crippen LogP contribution in [0.2, 0.25) is 20.1 Å². The van der Waals surface area contributed by atoms with Crippen LogP contribution in [0.5, 0.6) is 23.0 Å². The van der Waals surface area contributed by atoms with E-state index in [4.69, 9.17) is 60.6 Å². The average Bonchev–Trinajstić information content (AvgIpc) is 2.55. The molecule has 0 aromatic heterocycles. The number of benzene rings is 2. The van der Waals surface area contributed by atoms with Crippen LogP contribution in [0.25, 0.3) is 0 Å². The Balaban J connectivity index is 2.63. The second kappa shape index (κ2) is 7.92. The Labute approximate surface area is 161 Å². The Morgan fingerprint density at radius 1 is 0.833 bits per heavy atom. The van der Waals surface area contributed by atoms with Gasteiger partial charge < -0.3 is 14.2 Å². The van der Waals surface area contributed by atoms with Crippen molar-refractivity contribution in [3.05, 3.63) is 43.4 Å². The molecule has 2 aromatic carbocycles. The molecule has 0 amide bonds. The molecular formula is C17H16Cl4O3. The second-order valence-corrected chi connectivity index (χ2v) is 6.53. The van der Waals surface area contributed by atoms with E-state index >= 15 is 0 Å². The maximum Gasteiger partial charge on any atom is 0.181 e. The van der Waals surface area contributed by atoms with Crippen molar-refractivity contribution in [1.29, 1.82) is 0 Å². The molecule has 0 bridgehead atoms. The lowest BCUT2D eigenvalue weighted by Crippen LogP contribution is -1.99. The van der Waals surface area contributed by atoms with Gasteiger partial charge in [0.15, 0.2) is 23.0 Å². The zero-order valence-electron chi connectivity index (χ0n) is 13.6. The van der Waals surface area contributed by atoms with Crippen LogP contribution in [0.15, 0.2) is 12.1 Å². The fourth-order valence-corrected chi connectivity index (χ4v) is 3.29. The molecule has 0 unspecified atom stereocenters. The number of methoxy groups -OCH3 is 2. The fraction of sp³-hybridized carbons (Fsp3) is 0.294. The van der Waals surface area contributed by atoms with Gasteiger partial charge in [-0.05, 0) is 25.0 Å². The zero-order valence-corrected chi connectivity index (χ0v) is 16.6. The lowest BCUT2D eigenvalue weighted by Gasteiger charge is -2.18. The van der Waals surface area contributed by atoms with E-state index in [0.29, 0.717) is 44.5 Å². The Morgan fingerprint density at radius 3 is 1.96 bits per heavy atom. The van der Waals surface area contributed by atoms with Gasteiger partial charge in [0.1, 0.15) is 5.02 Å². The molecule has 2 rings (SSSR count). The number of hydrogen-bond donors (Lipinski definition) is 0. The van der Waals surface area contributed by atoms with Crippen LogP contribution in [0.3, 0.4) is 0 Å². The summed E-state index contributed by atoms with van der Waals surface area (Å²) in [5.41, 5.74) is 1.52. The van der Waals surface area contributed by atoms with Gasteiger partial charge in [0.05, 0.1) is 29.3 Å². The highest BCUT2D eigenvalue weighted by Gasteiger charge is 2.21. The largest absolute Gasteiger partial charge is 0.492 e. The van der Waals surface area contributed by atoms with Gasteiger partial charge in [-0.2, -0.15) is 0 Å². The minimum absolute atomic E-state index is 0.281. The van der Waals surface area contributed by atoms with E-state index in [1.807, 2.05) is 13.8 Å². The van der Waals surface area contributed by atoms with Crippen LogP contribution in [-0.4, -0.2) is 14.2 Å². The molecule has 7 heteroatoms. The van der Waals surface area contributed by atoms with E-state index < -0.39 is 0 Å². The summed E-state index contributed by atoms with van der Waals surface area (Å²) in [6, 6.07) is 3.33. The predicted molar refractivity (Wildman–Crippen MR) is 100 cm³/mol. The Bertz CT molecular complexity index is 775. The molecule has 24 heavy (non-hydrogen) atoms. The van der Waals surface area contributed by atoms with Crippen molar-refractivity contribution in [2.75, 3.05) is 14.2 Å². The van der Waals surface area contributed by atoms with E-state index in [-0.39, 0.29) is 5.02 Å². The Morgan fingerprint density at radius 2 is 1.42 bits per heavy atom. The molecule has 2 aromatic rings. The van der Waals surface area contributed by atoms with Crippen molar-refractivity contribution in [1.82, 2.24) is 0 Å².